The Morgan fingerprint density at radius 1 is 0.917 bits per heavy atom. The number of hydrogen-bond donors (Lipinski definition) is 2. The van der Waals surface area contributed by atoms with Crippen molar-refractivity contribution in [3.63, 3.8) is 0 Å². The van der Waals surface area contributed by atoms with E-state index in [2.05, 4.69) is 5.32 Å². The summed E-state index contributed by atoms with van der Waals surface area (Å²) in [4.78, 5) is 0. The molecule has 1 atom stereocenters. The second kappa shape index (κ2) is 10.8. The predicted octanol–water partition coefficient (Wildman–Crippen LogP) is 6.97. The van der Waals surface area contributed by atoms with Crippen LogP contribution in [0.25, 0.3) is 0 Å². The van der Waals surface area contributed by atoms with Gasteiger partial charge in [0.25, 0.3) is 0 Å². The van der Waals surface area contributed by atoms with Crippen molar-refractivity contribution in [3.8, 4) is 5.75 Å². The topological polar surface area (TPSA) is 41.5 Å². The number of aryl methyl sites for hydroxylation is 2. The third-order valence-corrected chi connectivity index (χ3v) is 5.41. The molecule has 0 saturated heterocycles. The van der Waals surface area contributed by atoms with Gasteiger partial charge in [-0.3, -0.25) is 0 Å². The molecule has 0 aliphatic heterocycles. The maximum absolute atomic E-state index is 14.5. The van der Waals surface area contributed by atoms with E-state index < -0.39 is 42.8 Å². The zero-order chi connectivity index (χ0) is 26.7. The molecule has 3 aromatic carbocycles. The summed E-state index contributed by atoms with van der Waals surface area (Å²) in [5.74, 6) is -0.758. The molecule has 0 amide bonds. The first kappa shape index (κ1) is 27.3. The second-order valence-corrected chi connectivity index (χ2v) is 8.49. The van der Waals surface area contributed by atoms with Crippen molar-refractivity contribution in [1.29, 1.82) is 0 Å². The van der Waals surface area contributed by atoms with E-state index in [1.165, 1.54) is 18.2 Å². The highest BCUT2D eigenvalue weighted by Crippen LogP contribution is 2.34. The average molecular weight is 515 g/mol. The Labute approximate surface area is 203 Å². The van der Waals surface area contributed by atoms with E-state index in [4.69, 9.17) is 4.74 Å². The number of benzene rings is 3. The van der Waals surface area contributed by atoms with Gasteiger partial charge in [-0.2, -0.15) is 26.3 Å². The van der Waals surface area contributed by atoms with E-state index in [-0.39, 0.29) is 29.2 Å². The molecule has 1 unspecified atom stereocenters. The lowest BCUT2D eigenvalue weighted by atomic mass is 9.99. The van der Waals surface area contributed by atoms with Crippen LogP contribution in [0.4, 0.5) is 36.4 Å². The third kappa shape index (κ3) is 7.13. The lowest BCUT2D eigenvalue weighted by molar-refractivity contribution is -0.198. The molecule has 3 nitrogen and oxygen atoms in total. The first-order valence-corrected chi connectivity index (χ1v) is 10.9. The van der Waals surface area contributed by atoms with Crippen molar-refractivity contribution in [2.45, 2.75) is 45.3 Å². The molecule has 0 fully saturated rings. The van der Waals surface area contributed by atoms with Crippen molar-refractivity contribution in [3.05, 3.63) is 93.8 Å². The molecule has 0 radical (unpaired) electrons. The van der Waals surface area contributed by atoms with E-state index in [9.17, 15) is 35.8 Å². The highest BCUT2D eigenvalue weighted by molar-refractivity contribution is 5.59. The van der Waals surface area contributed by atoms with Crippen LogP contribution < -0.4 is 10.1 Å². The molecule has 194 valence electrons. The molecular weight excluding hydrogens is 491 g/mol. The van der Waals surface area contributed by atoms with Gasteiger partial charge in [-0.15, -0.1) is 0 Å². The monoisotopic (exact) mass is 515 g/mol. The van der Waals surface area contributed by atoms with Gasteiger partial charge >= 0.3 is 12.4 Å². The fourth-order valence-electron chi connectivity index (χ4n) is 3.76. The summed E-state index contributed by atoms with van der Waals surface area (Å²) in [5.41, 5.74) is 1.60. The quantitative estimate of drug-likeness (QED) is 0.319. The molecule has 10 heteroatoms. The Kier molecular flexibility index (Phi) is 8.18. The van der Waals surface area contributed by atoms with Gasteiger partial charge in [-0.05, 0) is 55.3 Å². The van der Waals surface area contributed by atoms with Crippen LogP contribution in [0.1, 0.15) is 33.4 Å². The number of aliphatic hydroxyl groups excluding tert-OH is 1. The van der Waals surface area contributed by atoms with Crippen LogP contribution in [0.5, 0.6) is 5.75 Å². The number of alkyl halides is 6. The van der Waals surface area contributed by atoms with Gasteiger partial charge in [0.15, 0.2) is 6.10 Å². The van der Waals surface area contributed by atoms with Crippen LogP contribution in [-0.4, -0.2) is 23.9 Å². The van der Waals surface area contributed by atoms with Crippen molar-refractivity contribution < 1.29 is 40.6 Å². The van der Waals surface area contributed by atoms with Gasteiger partial charge in [0.05, 0.1) is 5.56 Å². The van der Waals surface area contributed by atoms with E-state index in [0.29, 0.717) is 18.2 Å². The molecule has 36 heavy (non-hydrogen) atoms. The molecule has 0 aliphatic carbocycles. The van der Waals surface area contributed by atoms with Gasteiger partial charge in [-0.1, -0.05) is 35.4 Å². The molecule has 2 N–H and O–H groups in total. The number of halogens is 7. The first-order valence-electron chi connectivity index (χ1n) is 10.9. The van der Waals surface area contributed by atoms with Crippen molar-refractivity contribution >= 4 is 5.69 Å². The van der Waals surface area contributed by atoms with Crippen molar-refractivity contribution in [2.75, 3.05) is 11.9 Å². The minimum Gasteiger partial charge on any atom is -0.489 e. The van der Waals surface area contributed by atoms with Gasteiger partial charge in [-0.25, -0.2) is 4.39 Å². The summed E-state index contributed by atoms with van der Waals surface area (Å²) in [6, 6.07) is 12.0. The lowest BCUT2D eigenvalue weighted by Gasteiger charge is -2.20. The number of anilines is 1. The number of aliphatic hydroxyl groups is 1. The maximum atomic E-state index is 14.5. The van der Waals surface area contributed by atoms with Crippen LogP contribution in [0.3, 0.4) is 0 Å². The standard InChI is InChI=1S/C26H24F7NO2/c1-15-8-16(2)10-17(9-15)14-36-23-5-3-4-22(34-13-24(35)26(31,32)33)20(23)12-18-11-19(25(28,29)30)6-7-21(18)27/h3-11,24,34-35H,12-14H2,1-2H3. The normalized spacial score (nSPS) is 12.9. The highest BCUT2D eigenvalue weighted by atomic mass is 19.4. The molecule has 0 aromatic heterocycles. The molecule has 0 bridgehead atoms. The molecular formula is C26H24F7NO2. The van der Waals surface area contributed by atoms with Crippen LogP contribution in [0.15, 0.2) is 54.6 Å². The van der Waals surface area contributed by atoms with E-state index in [1.54, 1.807) is 0 Å². The number of nitrogens with one attached hydrogen (secondary N) is 1. The Hall–Kier alpha value is -3.27. The molecule has 0 heterocycles. The molecule has 0 aliphatic rings. The summed E-state index contributed by atoms with van der Waals surface area (Å²) in [6.45, 7) is 2.95. The summed E-state index contributed by atoms with van der Waals surface area (Å²) in [5, 5.41) is 11.8. The van der Waals surface area contributed by atoms with E-state index in [0.717, 1.165) is 16.7 Å². The van der Waals surface area contributed by atoms with Gasteiger partial charge in [0.1, 0.15) is 18.2 Å². The van der Waals surface area contributed by atoms with Crippen LogP contribution >= 0.6 is 0 Å². The summed E-state index contributed by atoms with van der Waals surface area (Å²) in [6.07, 6.45) is -12.7. The van der Waals surface area contributed by atoms with Crippen LogP contribution in [0.2, 0.25) is 0 Å². The Bertz CT molecular complexity index is 1190. The first-order chi connectivity index (χ1) is 16.7. The predicted molar refractivity (Wildman–Crippen MR) is 121 cm³/mol. The third-order valence-electron chi connectivity index (χ3n) is 5.41. The van der Waals surface area contributed by atoms with Gasteiger partial charge < -0.3 is 15.2 Å². The van der Waals surface area contributed by atoms with Gasteiger partial charge in [0.2, 0.25) is 0 Å². The Morgan fingerprint density at radius 2 is 1.58 bits per heavy atom. The summed E-state index contributed by atoms with van der Waals surface area (Å²) in [7, 11) is 0. The zero-order valence-corrected chi connectivity index (χ0v) is 19.4. The number of rotatable bonds is 8. The van der Waals surface area contributed by atoms with E-state index >= 15 is 0 Å². The van der Waals surface area contributed by atoms with Crippen LogP contribution in [0, 0.1) is 19.7 Å². The lowest BCUT2D eigenvalue weighted by Crippen LogP contribution is -2.35. The average Bonchev–Trinajstić information content (AvgIpc) is 2.76. The molecule has 3 aromatic rings. The van der Waals surface area contributed by atoms with Gasteiger partial charge in [0, 0.05) is 24.2 Å². The number of ether oxygens (including phenoxy) is 1. The molecule has 0 saturated carbocycles. The summed E-state index contributed by atoms with van der Waals surface area (Å²) < 4.78 is 98.4. The number of hydrogen-bond acceptors (Lipinski definition) is 3. The smallest absolute Gasteiger partial charge is 0.416 e. The summed E-state index contributed by atoms with van der Waals surface area (Å²) >= 11 is 0. The fraction of sp³-hybridized carbons (Fsp3) is 0.308. The molecule has 0 spiro atoms. The van der Waals surface area contributed by atoms with Crippen molar-refractivity contribution in [2.24, 2.45) is 0 Å². The largest absolute Gasteiger partial charge is 0.489 e. The Balaban J connectivity index is 1.98. The minimum absolute atomic E-state index is 0.0630. The molecule has 3 rings (SSSR count). The SMILES string of the molecule is Cc1cc(C)cc(COc2cccc(NCC(O)C(F)(F)F)c2Cc2cc(C(F)(F)F)ccc2F)c1. The second-order valence-electron chi connectivity index (χ2n) is 8.49. The fourth-order valence-corrected chi connectivity index (χ4v) is 3.76. The highest BCUT2D eigenvalue weighted by Gasteiger charge is 2.38. The van der Waals surface area contributed by atoms with Crippen molar-refractivity contribution in [1.82, 2.24) is 0 Å². The maximum Gasteiger partial charge on any atom is 0.416 e. The minimum atomic E-state index is -4.88. The van der Waals surface area contributed by atoms with Crippen LogP contribution in [-0.2, 0) is 19.2 Å². The van der Waals surface area contributed by atoms with E-state index in [1.807, 2.05) is 32.0 Å². The Morgan fingerprint density at radius 3 is 2.19 bits per heavy atom. The zero-order valence-electron chi connectivity index (χ0n) is 19.4.